The quantitative estimate of drug-likeness (QED) is 0.555. The molecular weight excluding hydrogens is 354 g/mol. The number of hydrogen-bond donors (Lipinski definition) is 1. The molecule has 0 fully saturated rings. The maximum absolute atomic E-state index is 12.6. The molecule has 1 amide bonds. The predicted molar refractivity (Wildman–Crippen MR) is 105 cm³/mol. The number of amides is 1. The second-order valence-electron chi connectivity index (χ2n) is 6.50. The van der Waals surface area contributed by atoms with Gasteiger partial charge < -0.3 is 14.6 Å². The van der Waals surface area contributed by atoms with Crippen LogP contribution in [0.25, 0.3) is 10.9 Å². The van der Waals surface area contributed by atoms with Crippen molar-refractivity contribution >= 4 is 16.8 Å². The number of para-hydroxylation sites is 1. The van der Waals surface area contributed by atoms with E-state index in [9.17, 15) is 4.79 Å². The van der Waals surface area contributed by atoms with E-state index in [0.29, 0.717) is 16.8 Å². The first-order valence-corrected chi connectivity index (χ1v) is 8.94. The Morgan fingerprint density at radius 2 is 1.82 bits per heavy atom. The van der Waals surface area contributed by atoms with E-state index in [1.54, 1.807) is 18.3 Å². The van der Waals surface area contributed by atoms with Gasteiger partial charge in [-0.15, -0.1) is 0 Å². The Balaban J connectivity index is 1.54. The molecule has 6 heteroatoms. The molecule has 0 aliphatic heterocycles. The lowest BCUT2D eigenvalue weighted by molar-refractivity contribution is 0.0916. The molecule has 0 saturated heterocycles. The number of fused-ring (bicyclic) bond motifs is 1. The summed E-state index contributed by atoms with van der Waals surface area (Å²) in [5, 5.41) is 7.45. The van der Waals surface area contributed by atoms with Gasteiger partial charge in [0.2, 0.25) is 11.6 Å². The molecule has 0 radical (unpaired) electrons. The molecule has 28 heavy (non-hydrogen) atoms. The van der Waals surface area contributed by atoms with Crippen LogP contribution in [0.15, 0.2) is 65.3 Å². The molecule has 6 nitrogen and oxygen atoms in total. The number of aromatic nitrogens is 2. The van der Waals surface area contributed by atoms with E-state index in [-0.39, 0.29) is 18.2 Å². The molecule has 0 unspecified atom stereocenters. The minimum absolute atomic E-state index is 0.191. The van der Waals surface area contributed by atoms with Gasteiger partial charge in [0, 0.05) is 18.3 Å². The lowest BCUT2D eigenvalue weighted by Gasteiger charge is -2.14. The third-order valence-electron chi connectivity index (χ3n) is 4.49. The molecule has 0 atom stereocenters. The third-order valence-corrected chi connectivity index (χ3v) is 4.49. The van der Waals surface area contributed by atoms with Crippen LogP contribution in [0.5, 0.6) is 11.6 Å². The second-order valence-corrected chi connectivity index (χ2v) is 6.50. The zero-order valence-corrected chi connectivity index (χ0v) is 15.6. The van der Waals surface area contributed by atoms with Gasteiger partial charge >= 0.3 is 0 Å². The fourth-order valence-corrected chi connectivity index (χ4v) is 3.02. The monoisotopic (exact) mass is 373 g/mol. The molecule has 2 aromatic carbocycles. The summed E-state index contributed by atoms with van der Waals surface area (Å²) in [6.45, 7) is 4.23. The number of aryl methyl sites for hydroxylation is 2. The Bertz CT molecular complexity index is 1130. The van der Waals surface area contributed by atoms with Gasteiger partial charge in [0.25, 0.3) is 5.91 Å². The van der Waals surface area contributed by atoms with Crippen molar-refractivity contribution in [3.8, 4) is 11.6 Å². The molecule has 0 aliphatic rings. The van der Waals surface area contributed by atoms with Crippen LogP contribution in [-0.2, 0) is 6.54 Å². The van der Waals surface area contributed by atoms with Crippen molar-refractivity contribution in [1.29, 1.82) is 0 Å². The van der Waals surface area contributed by atoms with Crippen LogP contribution in [-0.4, -0.2) is 16.0 Å². The fraction of sp³-hybridized carbons (Fsp3) is 0.136. The molecule has 4 rings (SSSR count). The Morgan fingerprint density at radius 1 is 1.04 bits per heavy atom. The summed E-state index contributed by atoms with van der Waals surface area (Å²) in [6.07, 6.45) is 1.66. The van der Waals surface area contributed by atoms with Crippen LogP contribution < -0.4 is 10.1 Å². The summed E-state index contributed by atoms with van der Waals surface area (Å²) in [5.74, 6) is 1.09. The predicted octanol–water partition coefficient (Wildman–Crippen LogP) is 4.56. The molecule has 2 aromatic heterocycles. The topological polar surface area (TPSA) is 77.2 Å². The molecule has 0 saturated carbocycles. The van der Waals surface area contributed by atoms with Gasteiger partial charge in [-0.1, -0.05) is 41.6 Å². The van der Waals surface area contributed by atoms with Crippen molar-refractivity contribution < 1.29 is 14.1 Å². The SMILES string of the molecule is Cc1cccc(C)c1Oc1ncccc1CNC(=O)c1onc2ccccc12. The minimum atomic E-state index is -0.337. The molecular formula is C22H19N3O3. The highest BCUT2D eigenvalue weighted by Gasteiger charge is 2.17. The van der Waals surface area contributed by atoms with E-state index in [0.717, 1.165) is 22.4 Å². The first kappa shape index (κ1) is 17.7. The van der Waals surface area contributed by atoms with Gasteiger partial charge in [-0.05, 0) is 43.2 Å². The van der Waals surface area contributed by atoms with Gasteiger partial charge in [0.15, 0.2) is 0 Å². The van der Waals surface area contributed by atoms with Gasteiger partial charge in [-0.25, -0.2) is 4.98 Å². The highest BCUT2D eigenvalue weighted by atomic mass is 16.5. The normalized spacial score (nSPS) is 10.8. The zero-order valence-electron chi connectivity index (χ0n) is 15.6. The number of carbonyl (C=O) groups excluding carboxylic acids is 1. The number of pyridine rings is 1. The van der Waals surface area contributed by atoms with Gasteiger partial charge in [0.05, 0.1) is 5.39 Å². The molecule has 4 aromatic rings. The van der Waals surface area contributed by atoms with Crippen LogP contribution in [0.2, 0.25) is 0 Å². The number of ether oxygens (including phenoxy) is 1. The van der Waals surface area contributed by atoms with E-state index in [1.165, 1.54) is 0 Å². The number of hydrogen-bond acceptors (Lipinski definition) is 5. The summed E-state index contributed by atoms with van der Waals surface area (Å²) < 4.78 is 11.3. The fourth-order valence-electron chi connectivity index (χ4n) is 3.02. The Kier molecular flexibility index (Phi) is 4.76. The summed E-state index contributed by atoms with van der Waals surface area (Å²) in [7, 11) is 0. The smallest absolute Gasteiger partial charge is 0.290 e. The van der Waals surface area contributed by atoms with E-state index >= 15 is 0 Å². The summed E-state index contributed by atoms with van der Waals surface area (Å²) in [6, 6.07) is 16.9. The van der Waals surface area contributed by atoms with Gasteiger partial charge in [0.1, 0.15) is 11.3 Å². The molecule has 0 bridgehead atoms. The number of rotatable bonds is 5. The number of benzene rings is 2. The second kappa shape index (κ2) is 7.52. The van der Waals surface area contributed by atoms with Crippen LogP contribution >= 0.6 is 0 Å². The number of nitrogens with one attached hydrogen (secondary N) is 1. The molecule has 140 valence electrons. The maximum atomic E-state index is 12.6. The molecule has 1 N–H and O–H groups in total. The van der Waals surface area contributed by atoms with Crippen molar-refractivity contribution in [3.63, 3.8) is 0 Å². The lowest BCUT2D eigenvalue weighted by atomic mass is 10.1. The van der Waals surface area contributed by atoms with E-state index in [2.05, 4.69) is 15.5 Å². The lowest BCUT2D eigenvalue weighted by Crippen LogP contribution is -2.23. The van der Waals surface area contributed by atoms with Crippen LogP contribution in [0, 0.1) is 13.8 Å². The zero-order chi connectivity index (χ0) is 19.5. The van der Waals surface area contributed by atoms with E-state index in [4.69, 9.17) is 9.26 Å². The van der Waals surface area contributed by atoms with Crippen molar-refractivity contribution in [2.24, 2.45) is 0 Å². The molecule has 0 aliphatic carbocycles. The first-order chi connectivity index (χ1) is 13.6. The minimum Gasteiger partial charge on any atom is -0.438 e. The Morgan fingerprint density at radius 3 is 2.64 bits per heavy atom. The standard InChI is InChI=1S/C22H19N3O3/c1-14-7-5-8-15(2)19(14)27-22-16(9-6-12-23-22)13-24-21(26)20-17-10-3-4-11-18(17)25-28-20/h3-12H,13H2,1-2H3,(H,24,26). The van der Waals surface area contributed by atoms with Crippen LogP contribution in [0.3, 0.4) is 0 Å². The summed E-state index contributed by atoms with van der Waals surface area (Å²) >= 11 is 0. The maximum Gasteiger partial charge on any atom is 0.290 e. The van der Waals surface area contributed by atoms with Crippen molar-refractivity contribution in [2.45, 2.75) is 20.4 Å². The molecule has 2 heterocycles. The van der Waals surface area contributed by atoms with E-state index < -0.39 is 0 Å². The van der Waals surface area contributed by atoms with Gasteiger partial charge in [-0.2, -0.15) is 0 Å². The number of nitrogens with zero attached hydrogens (tertiary/aromatic N) is 2. The summed E-state index contributed by atoms with van der Waals surface area (Å²) in [5.41, 5.74) is 3.46. The van der Waals surface area contributed by atoms with E-state index in [1.807, 2.05) is 56.3 Å². The first-order valence-electron chi connectivity index (χ1n) is 8.94. The highest BCUT2D eigenvalue weighted by molar-refractivity contribution is 6.03. The largest absolute Gasteiger partial charge is 0.438 e. The summed E-state index contributed by atoms with van der Waals surface area (Å²) in [4.78, 5) is 16.9. The van der Waals surface area contributed by atoms with Crippen LogP contribution in [0.4, 0.5) is 0 Å². The average molecular weight is 373 g/mol. The van der Waals surface area contributed by atoms with Crippen LogP contribution in [0.1, 0.15) is 27.2 Å². The molecule has 0 spiro atoms. The Hall–Kier alpha value is -3.67. The van der Waals surface area contributed by atoms with Crippen molar-refractivity contribution in [2.75, 3.05) is 0 Å². The third kappa shape index (κ3) is 3.44. The van der Waals surface area contributed by atoms with Crippen molar-refractivity contribution in [3.05, 3.63) is 83.2 Å². The van der Waals surface area contributed by atoms with Gasteiger partial charge in [-0.3, -0.25) is 4.79 Å². The highest BCUT2D eigenvalue weighted by Crippen LogP contribution is 2.29. The number of carbonyl (C=O) groups is 1. The Labute approximate surface area is 162 Å². The van der Waals surface area contributed by atoms with Crippen molar-refractivity contribution in [1.82, 2.24) is 15.5 Å². The average Bonchev–Trinajstić information content (AvgIpc) is 3.14.